The van der Waals surface area contributed by atoms with Crippen molar-refractivity contribution in [1.82, 2.24) is 5.32 Å². The molecule has 0 radical (unpaired) electrons. The van der Waals surface area contributed by atoms with Crippen LogP contribution in [-0.2, 0) is 9.59 Å². The molecule has 106 valence electrons. The number of hydrogen-bond acceptors (Lipinski definition) is 4. The summed E-state index contributed by atoms with van der Waals surface area (Å²) < 4.78 is 13.2. The number of urea groups is 1. The largest absolute Gasteiger partial charge is 0.335 e. The molecule has 0 aromatic heterocycles. The average molecular weight is 287 g/mol. The lowest BCUT2D eigenvalue weighted by Gasteiger charge is -2.44. The lowest BCUT2D eigenvalue weighted by atomic mass is 9.66. The van der Waals surface area contributed by atoms with Gasteiger partial charge in [-0.05, 0) is 31.0 Å². The fourth-order valence-corrected chi connectivity index (χ4v) is 2.66. The molecular formula is C14H10FN3O3. The van der Waals surface area contributed by atoms with Crippen LogP contribution in [0.4, 0.5) is 14.9 Å². The van der Waals surface area contributed by atoms with Crippen molar-refractivity contribution in [2.75, 3.05) is 4.90 Å². The highest BCUT2D eigenvalue weighted by Crippen LogP contribution is 2.45. The first kappa shape index (κ1) is 13.2. The average Bonchev–Trinajstić information content (AvgIpc) is 2.38. The summed E-state index contributed by atoms with van der Waals surface area (Å²) in [5, 5.41) is 11.2. The number of nitrogens with one attached hydrogen (secondary N) is 1. The summed E-state index contributed by atoms with van der Waals surface area (Å²) >= 11 is 0. The summed E-state index contributed by atoms with van der Waals surface area (Å²) in [6.45, 7) is 0. The zero-order valence-electron chi connectivity index (χ0n) is 10.9. The van der Waals surface area contributed by atoms with Crippen LogP contribution in [0.25, 0.3) is 0 Å². The number of anilines is 1. The fourth-order valence-electron chi connectivity index (χ4n) is 2.66. The van der Waals surface area contributed by atoms with Gasteiger partial charge >= 0.3 is 6.03 Å². The van der Waals surface area contributed by atoms with Crippen LogP contribution in [0.1, 0.15) is 24.8 Å². The van der Waals surface area contributed by atoms with E-state index in [1.54, 1.807) is 6.07 Å². The molecule has 4 amide bonds. The Hall–Kier alpha value is -2.75. The van der Waals surface area contributed by atoms with Crippen LogP contribution in [0.5, 0.6) is 0 Å². The third-order valence-corrected chi connectivity index (χ3v) is 4.00. The summed E-state index contributed by atoms with van der Waals surface area (Å²) in [6, 6.07) is 4.03. The Morgan fingerprint density at radius 3 is 2.57 bits per heavy atom. The second kappa shape index (κ2) is 4.38. The molecule has 2 fully saturated rings. The van der Waals surface area contributed by atoms with Crippen molar-refractivity contribution in [2.24, 2.45) is 5.41 Å². The standard InChI is InChI=1S/C14H10FN3O3/c15-9-2-3-10(8(6-9)7-16)18-12(20)14(4-1-5-14)11(19)17-13(18)21/h2-3,6H,1,4-5H2,(H,17,19,21). The Labute approximate surface area is 119 Å². The molecule has 1 aromatic carbocycles. The van der Waals surface area contributed by atoms with Crippen LogP contribution in [0, 0.1) is 22.6 Å². The van der Waals surface area contributed by atoms with E-state index >= 15 is 0 Å². The molecule has 1 aromatic rings. The first-order valence-corrected chi connectivity index (χ1v) is 6.39. The molecule has 0 atom stereocenters. The molecule has 1 spiro atoms. The topological polar surface area (TPSA) is 90.3 Å². The van der Waals surface area contributed by atoms with Gasteiger partial charge in [-0.1, -0.05) is 6.42 Å². The highest BCUT2D eigenvalue weighted by Gasteiger charge is 2.57. The van der Waals surface area contributed by atoms with Crippen LogP contribution >= 0.6 is 0 Å². The third kappa shape index (κ3) is 1.72. The van der Waals surface area contributed by atoms with Crippen molar-refractivity contribution >= 4 is 23.5 Å². The SMILES string of the molecule is N#Cc1cc(F)ccc1N1C(=O)NC(=O)C2(CCC2)C1=O. The fraction of sp³-hybridized carbons (Fsp3) is 0.286. The van der Waals surface area contributed by atoms with Crippen LogP contribution < -0.4 is 10.2 Å². The minimum Gasteiger partial charge on any atom is -0.276 e. The first-order chi connectivity index (χ1) is 9.99. The highest BCUT2D eigenvalue weighted by atomic mass is 19.1. The number of barbiturate groups is 1. The van der Waals surface area contributed by atoms with E-state index in [2.05, 4.69) is 5.32 Å². The molecule has 3 rings (SSSR count). The first-order valence-electron chi connectivity index (χ1n) is 6.39. The minimum atomic E-state index is -1.23. The van der Waals surface area contributed by atoms with E-state index in [-0.39, 0.29) is 11.3 Å². The number of nitrogens with zero attached hydrogens (tertiary/aromatic N) is 2. The predicted octanol–water partition coefficient (Wildman–Crippen LogP) is 1.45. The van der Waals surface area contributed by atoms with Crippen molar-refractivity contribution in [3.63, 3.8) is 0 Å². The summed E-state index contributed by atoms with van der Waals surface area (Å²) in [6.07, 6.45) is 1.45. The molecule has 1 aliphatic carbocycles. The number of carbonyl (C=O) groups is 3. The van der Waals surface area contributed by atoms with Gasteiger partial charge in [-0.2, -0.15) is 5.26 Å². The Morgan fingerprint density at radius 2 is 2.00 bits per heavy atom. The second-order valence-electron chi connectivity index (χ2n) is 5.11. The Bertz CT molecular complexity index is 719. The summed E-state index contributed by atoms with van der Waals surface area (Å²) in [4.78, 5) is 37.2. The number of carbonyl (C=O) groups excluding carboxylic acids is 3. The molecule has 7 heteroatoms. The maximum absolute atomic E-state index is 13.2. The van der Waals surface area contributed by atoms with E-state index in [9.17, 15) is 18.8 Å². The van der Waals surface area contributed by atoms with Crippen LogP contribution in [0.3, 0.4) is 0 Å². The summed E-state index contributed by atoms with van der Waals surface area (Å²) in [7, 11) is 0. The van der Waals surface area contributed by atoms with Gasteiger partial charge in [0.25, 0.3) is 5.91 Å². The summed E-state index contributed by atoms with van der Waals surface area (Å²) in [5.41, 5.74) is -1.38. The Kier molecular flexibility index (Phi) is 2.76. The quantitative estimate of drug-likeness (QED) is 0.791. The highest BCUT2D eigenvalue weighted by molar-refractivity contribution is 6.30. The molecule has 0 bridgehead atoms. The number of nitriles is 1. The van der Waals surface area contributed by atoms with Gasteiger partial charge in [0.2, 0.25) is 5.91 Å². The normalized spacial score (nSPS) is 20.0. The Morgan fingerprint density at radius 1 is 1.29 bits per heavy atom. The number of benzene rings is 1. The van der Waals surface area contributed by atoms with Gasteiger partial charge in [-0.15, -0.1) is 0 Å². The van der Waals surface area contributed by atoms with E-state index in [0.717, 1.165) is 23.5 Å². The van der Waals surface area contributed by atoms with Crippen LogP contribution in [0.15, 0.2) is 18.2 Å². The molecule has 21 heavy (non-hydrogen) atoms. The van der Waals surface area contributed by atoms with E-state index in [0.29, 0.717) is 12.8 Å². The molecule has 1 saturated carbocycles. The molecule has 1 heterocycles. The lowest BCUT2D eigenvalue weighted by molar-refractivity contribution is -0.148. The van der Waals surface area contributed by atoms with E-state index < -0.39 is 29.1 Å². The molecule has 6 nitrogen and oxygen atoms in total. The third-order valence-electron chi connectivity index (χ3n) is 4.00. The van der Waals surface area contributed by atoms with Crippen LogP contribution in [0.2, 0.25) is 0 Å². The van der Waals surface area contributed by atoms with Gasteiger partial charge in [-0.3, -0.25) is 14.9 Å². The zero-order chi connectivity index (χ0) is 15.2. The van der Waals surface area contributed by atoms with Gasteiger partial charge in [0, 0.05) is 0 Å². The number of imide groups is 2. The van der Waals surface area contributed by atoms with Gasteiger partial charge in [0.1, 0.15) is 17.3 Å². The number of halogens is 1. The molecule has 0 unspecified atom stereocenters. The number of hydrogen-bond donors (Lipinski definition) is 1. The smallest absolute Gasteiger partial charge is 0.276 e. The molecular weight excluding hydrogens is 277 g/mol. The molecule has 1 saturated heterocycles. The van der Waals surface area contributed by atoms with Crippen molar-refractivity contribution in [2.45, 2.75) is 19.3 Å². The van der Waals surface area contributed by atoms with E-state index in [1.165, 1.54) is 6.07 Å². The van der Waals surface area contributed by atoms with Crippen molar-refractivity contribution in [3.8, 4) is 6.07 Å². The van der Waals surface area contributed by atoms with Gasteiger partial charge in [0.05, 0.1) is 11.3 Å². The van der Waals surface area contributed by atoms with Crippen molar-refractivity contribution in [1.29, 1.82) is 5.26 Å². The molecule has 1 aliphatic heterocycles. The monoisotopic (exact) mass is 287 g/mol. The predicted molar refractivity (Wildman–Crippen MR) is 68.4 cm³/mol. The minimum absolute atomic E-state index is 0.0137. The van der Waals surface area contributed by atoms with Crippen molar-refractivity contribution < 1.29 is 18.8 Å². The van der Waals surface area contributed by atoms with Crippen LogP contribution in [-0.4, -0.2) is 17.8 Å². The summed E-state index contributed by atoms with van der Waals surface area (Å²) in [5.74, 6) is -1.89. The van der Waals surface area contributed by atoms with Gasteiger partial charge in [-0.25, -0.2) is 14.1 Å². The van der Waals surface area contributed by atoms with Crippen molar-refractivity contribution in [3.05, 3.63) is 29.6 Å². The van der Waals surface area contributed by atoms with Gasteiger partial charge in [0.15, 0.2) is 0 Å². The molecule has 1 N–H and O–H groups in total. The lowest BCUT2D eigenvalue weighted by Crippen LogP contribution is -2.66. The Balaban J connectivity index is 2.09. The maximum atomic E-state index is 13.2. The van der Waals surface area contributed by atoms with E-state index in [4.69, 9.17) is 5.26 Å². The van der Waals surface area contributed by atoms with E-state index in [1.807, 2.05) is 0 Å². The molecule has 2 aliphatic rings. The number of amides is 4. The number of rotatable bonds is 1. The second-order valence-corrected chi connectivity index (χ2v) is 5.11. The maximum Gasteiger partial charge on any atom is 0.335 e. The van der Waals surface area contributed by atoms with Gasteiger partial charge < -0.3 is 0 Å². The zero-order valence-corrected chi connectivity index (χ0v) is 10.9.